The average Bonchev–Trinajstić information content (AvgIpc) is 2.27. The van der Waals surface area contributed by atoms with Gasteiger partial charge in [-0.3, -0.25) is 4.79 Å². The molecule has 1 heterocycles. The summed E-state index contributed by atoms with van der Waals surface area (Å²) in [6.07, 6.45) is 0. The van der Waals surface area contributed by atoms with E-state index < -0.39 is 15.9 Å². The standard InChI is InChI=1S/C9H13ClN4O3S/c1-12-7-3-2-6(10)8(14-7)9(15)13-4-5-18(11,16)17/h2-3H,4-5H2,1H3,(H,12,14)(H,13,15)(H2,11,16,17). The second kappa shape index (κ2) is 5.98. The van der Waals surface area contributed by atoms with Crippen LogP contribution in [0.3, 0.4) is 0 Å². The number of halogens is 1. The number of hydrogen-bond acceptors (Lipinski definition) is 5. The van der Waals surface area contributed by atoms with Crippen LogP contribution in [0.25, 0.3) is 0 Å². The Hall–Kier alpha value is -1.38. The highest BCUT2D eigenvalue weighted by atomic mass is 35.5. The van der Waals surface area contributed by atoms with Crippen LogP contribution < -0.4 is 15.8 Å². The van der Waals surface area contributed by atoms with E-state index in [1.165, 1.54) is 6.07 Å². The molecule has 1 amide bonds. The molecule has 0 aliphatic rings. The summed E-state index contributed by atoms with van der Waals surface area (Å²) >= 11 is 5.82. The van der Waals surface area contributed by atoms with Crippen LogP contribution >= 0.6 is 11.6 Å². The van der Waals surface area contributed by atoms with Gasteiger partial charge in [0.05, 0.1) is 10.8 Å². The number of sulfonamides is 1. The number of carbonyl (C=O) groups excluding carboxylic acids is 1. The zero-order valence-electron chi connectivity index (χ0n) is 9.60. The molecule has 0 aromatic carbocycles. The van der Waals surface area contributed by atoms with Crippen LogP contribution in [0.15, 0.2) is 12.1 Å². The normalized spacial score (nSPS) is 11.1. The minimum atomic E-state index is -3.61. The van der Waals surface area contributed by atoms with E-state index >= 15 is 0 Å². The second-order valence-electron chi connectivity index (χ2n) is 3.40. The number of carbonyl (C=O) groups is 1. The van der Waals surface area contributed by atoms with Gasteiger partial charge in [0.1, 0.15) is 11.5 Å². The van der Waals surface area contributed by atoms with Crippen molar-refractivity contribution in [3.8, 4) is 0 Å². The Morgan fingerprint density at radius 1 is 1.50 bits per heavy atom. The zero-order valence-corrected chi connectivity index (χ0v) is 11.2. The van der Waals surface area contributed by atoms with Crippen molar-refractivity contribution < 1.29 is 13.2 Å². The first-order valence-corrected chi connectivity index (χ1v) is 7.06. The number of nitrogens with one attached hydrogen (secondary N) is 2. The number of nitrogens with zero attached hydrogens (tertiary/aromatic N) is 1. The molecule has 9 heteroatoms. The molecule has 0 unspecified atom stereocenters. The molecule has 18 heavy (non-hydrogen) atoms. The summed E-state index contributed by atoms with van der Waals surface area (Å²) in [6.45, 7) is -0.0978. The van der Waals surface area contributed by atoms with Crippen molar-refractivity contribution in [3.63, 3.8) is 0 Å². The minimum absolute atomic E-state index is 0.0259. The maximum absolute atomic E-state index is 11.7. The predicted octanol–water partition coefficient (Wildman–Crippen LogP) is -0.205. The molecule has 0 bridgehead atoms. The van der Waals surface area contributed by atoms with E-state index in [-0.39, 0.29) is 23.0 Å². The Labute approximate surface area is 110 Å². The van der Waals surface area contributed by atoms with E-state index in [1.807, 2.05) is 0 Å². The van der Waals surface area contributed by atoms with Crippen LogP contribution in [0.2, 0.25) is 5.02 Å². The fourth-order valence-electron chi connectivity index (χ4n) is 1.13. The van der Waals surface area contributed by atoms with Crippen LogP contribution in [0.5, 0.6) is 0 Å². The van der Waals surface area contributed by atoms with Crippen LogP contribution in [-0.2, 0) is 10.0 Å². The maximum atomic E-state index is 11.7. The van der Waals surface area contributed by atoms with Crippen molar-refractivity contribution in [1.82, 2.24) is 10.3 Å². The number of aromatic nitrogens is 1. The lowest BCUT2D eigenvalue weighted by molar-refractivity contribution is 0.0951. The molecule has 7 nitrogen and oxygen atoms in total. The lowest BCUT2D eigenvalue weighted by atomic mass is 10.3. The fraction of sp³-hybridized carbons (Fsp3) is 0.333. The summed E-state index contributed by atoms with van der Waals surface area (Å²) < 4.78 is 21.4. The minimum Gasteiger partial charge on any atom is -0.373 e. The molecule has 0 atom stereocenters. The molecule has 4 N–H and O–H groups in total. The van der Waals surface area contributed by atoms with E-state index in [9.17, 15) is 13.2 Å². The molecular weight excluding hydrogens is 280 g/mol. The van der Waals surface area contributed by atoms with Crippen LogP contribution in [0.4, 0.5) is 5.82 Å². The van der Waals surface area contributed by atoms with E-state index in [4.69, 9.17) is 16.7 Å². The Morgan fingerprint density at radius 3 is 2.72 bits per heavy atom. The molecule has 1 aromatic rings. The molecule has 0 saturated heterocycles. The summed E-state index contributed by atoms with van der Waals surface area (Å²) in [5.41, 5.74) is 0.0259. The molecule has 0 saturated carbocycles. The van der Waals surface area contributed by atoms with Gasteiger partial charge in [0.25, 0.3) is 5.91 Å². The molecule has 1 aromatic heterocycles. The highest BCUT2D eigenvalue weighted by Gasteiger charge is 2.13. The molecule has 0 radical (unpaired) electrons. The van der Waals surface area contributed by atoms with Gasteiger partial charge in [-0.2, -0.15) is 0 Å². The third-order valence-corrected chi connectivity index (χ3v) is 3.07. The summed E-state index contributed by atoms with van der Waals surface area (Å²) in [6, 6.07) is 3.14. The lowest BCUT2D eigenvalue weighted by Crippen LogP contribution is -2.32. The van der Waals surface area contributed by atoms with Crippen LogP contribution in [0.1, 0.15) is 10.5 Å². The Morgan fingerprint density at radius 2 is 2.17 bits per heavy atom. The molecule has 0 aliphatic heterocycles. The first-order chi connectivity index (χ1) is 8.33. The van der Waals surface area contributed by atoms with Crippen molar-refractivity contribution >= 4 is 33.3 Å². The third-order valence-electron chi connectivity index (χ3n) is 1.99. The third kappa shape index (κ3) is 4.47. The van der Waals surface area contributed by atoms with E-state index in [0.717, 1.165) is 0 Å². The van der Waals surface area contributed by atoms with Gasteiger partial charge >= 0.3 is 0 Å². The first-order valence-electron chi connectivity index (χ1n) is 4.96. The Bertz CT molecular complexity index is 547. The van der Waals surface area contributed by atoms with Crippen molar-refractivity contribution in [2.75, 3.05) is 24.7 Å². The number of anilines is 1. The highest BCUT2D eigenvalue weighted by Crippen LogP contribution is 2.16. The monoisotopic (exact) mass is 292 g/mol. The van der Waals surface area contributed by atoms with Crippen molar-refractivity contribution in [1.29, 1.82) is 0 Å². The Kier molecular flexibility index (Phi) is 4.88. The van der Waals surface area contributed by atoms with Crippen molar-refractivity contribution in [2.45, 2.75) is 0 Å². The Balaban J connectivity index is 2.72. The quantitative estimate of drug-likeness (QED) is 0.695. The number of nitrogens with two attached hydrogens (primary N) is 1. The predicted molar refractivity (Wildman–Crippen MR) is 69.1 cm³/mol. The van der Waals surface area contributed by atoms with Gasteiger partial charge in [0.15, 0.2) is 0 Å². The van der Waals surface area contributed by atoms with Crippen LogP contribution in [0, 0.1) is 0 Å². The number of hydrogen-bond donors (Lipinski definition) is 3. The lowest BCUT2D eigenvalue weighted by Gasteiger charge is -2.07. The number of pyridine rings is 1. The SMILES string of the molecule is CNc1ccc(Cl)c(C(=O)NCCS(N)(=O)=O)n1. The topological polar surface area (TPSA) is 114 Å². The van der Waals surface area contributed by atoms with Gasteiger partial charge in [0.2, 0.25) is 10.0 Å². The number of amides is 1. The van der Waals surface area contributed by atoms with E-state index in [2.05, 4.69) is 15.6 Å². The molecule has 100 valence electrons. The summed E-state index contributed by atoms with van der Waals surface area (Å²) in [4.78, 5) is 15.7. The molecule has 0 spiro atoms. The summed E-state index contributed by atoms with van der Waals surface area (Å²) in [7, 11) is -1.95. The van der Waals surface area contributed by atoms with Gasteiger partial charge in [-0.25, -0.2) is 18.5 Å². The van der Waals surface area contributed by atoms with Gasteiger partial charge in [-0.05, 0) is 12.1 Å². The maximum Gasteiger partial charge on any atom is 0.271 e. The van der Waals surface area contributed by atoms with Crippen LogP contribution in [-0.4, -0.2) is 38.7 Å². The summed E-state index contributed by atoms with van der Waals surface area (Å²) in [5.74, 6) is -0.418. The fourth-order valence-corrected chi connectivity index (χ4v) is 1.71. The number of rotatable bonds is 5. The molecule has 0 aliphatic carbocycles. The summed E-state index contributed by atoms with van der Waals surface area (Å²) in [5, 5.41) is 10.1. The molecular formula is C9H13ClN4O3S. The van der Waals surface area contributed by atoms with Gasteiger partial charge in [-0.15, -0.1) is 0 Å². The average molecular weight is 293 g/mol. The number of primary sulfonamides is 1. The second-order valence-corrected chi connectivity index (χ2v) is 5.54. The van der Waals surface area contributed by atoms with Gasteiger partial charge in [0, 0.05) is 13.6 Å². The smallest absolute Gasteiger partial charge is 0.271 e. The van der Waals surface area contributed by atoms with E-state index in [1.54, 1.807) is 13.1 Å². The van der Waals surface area contributed by atoms with Gasteiger partial charge < -0.3 is 10.6 Å². The highest BCUT2D eigenvalue weighted by molar-refractivity contribution is 7.89. The van der Waals surface area contributed by atoms with Crippen molar-refractivity contribution in [3.05, 3.63) is 22.8 Å². The van der Waals surface area contributed by atoms with E-state index in [0.29, 0.717) is 5.82 Å². The van der Waals surface area contributed by atoms with Crippen molar-refractivity contribution in [2.24, 2.45) is 5.14 Å². The zero-order chi connectivity index (χ0) is 13.8. The van der Waals surface area contributed by atoms with Gasteiger partial charge in [-0.1, -0.05) is 11.6 Å². The molecule has 1 rings (SSSR count). The largest absolute Gasteiger partial charge is 0.373 e. The first kappa shape index (κ1) is 14.7. The molecule has 0 fully saturated rings.